The van der Waals surface area contributed by atoms with Crippen molar-refractivity contribution in [3.05, 3.63) is 29.3 Å². The van der Waals surface area contributed by atoms with Crippen molar-refractivity contribution in [2.45, 2.75) is 38.6 Å². The molecule has 2 N–H and O–H groups in total. The number of carboxylic acid groups (broad SMARTS) is 1. The van der Waals surface area contributed by atoms with Crippen LogP contribution in [0, 0.1) is 11.8 Å². The average Bonchev–Trinajstić information content (AvgIpc) is 2.87. The molecule has 1 saturated heterocycles. The highest BCUT2D eigenvalue weighted by Gasteiger charge is 2.32. The number of carbonyl (C=O) groups is 1. The number of hydrogen-bond acceptors (Lipinski definition) is 4. The molecule has 0 amide bonds. The molecule has 1 atom stereocenters. The molecule has 2 aliphatic rings. The van der Waals surface area contributed by atoms with Crippen molar-refractivity contribution in [1.82, 2.24) is 5.32 Å². The Balaban J connectivity index is 1.56. The van der Waals surface area contributed by atoms with Crippen LogP contribution in [0.4, 0.5) is 0 Å². The van der Waals surface area contributed by atoms with Crippen molar-refractivity contribution < 1.29 is 19.4 Å². The monoisotopic (exact) mass is 333 g/mol. The van der Waals surface area contributed by atoms with Gasteiger partial charge in [-0.15, -0.1) is 0 Å². The Hall–Kier alpha value is -1.59. The first-order valence-electron chi connectivity index (χ1n) is 8.75. The lowest BCUT2D eigenvalue weighted by Gasteiger charge is -2.27. The molecule has 1 aromatic carbocycles. The number of aliphatic carboxylic acids is 1. The summed E-state index contributed by atoms with van der Waals surface area (Å²) in [6.07, 6.45) is 1.67. The fraction of sp³-hybridized carbons (Fsp3) is 0.632. The molecule has 24 heavy (non-hydrogen) atoms. The second-order valence-electron chi connectivity index (χ2n) is 7.53. The van der Waals surface area contributed by atoms with Crippen LogP contribution < -0.4 is 10.1 Å². The molecule has 2 aliphatic heterocycles. The maximum Gasteiger partial charge on any atom is 0.308 e. The van der Waals surface area contributed by atoms with Crippen LogP contribution in [0.15, 0.2) is 18.2 Å². The van der Waals surface area contributed by atoms with Gasteiger partial charge in [-0.3, -0.25) is 4.79 Å². The SMILES string of the molecule is CC1(C)COc2cc(CNCC(C(=O)O)C3CCOCC3)ccc21. The van der Waals surface area contributed by atoms with Gasteiger partial charge in [-0.05, 0) is 30.4 Å². The van der Waals surface area contributed by atoms with E-state index in [4.69, 9.17) is 9.47 Å². The smallest absolute Gasteiger partial charge is 0.308 e. The first-order chi connectivity index (χ1) is 11.5. The minimum absolute atomic E-state index is 0.0682. The molecular weight excluding hydrogens is 306 g/mol. The number of hydrogen-bond donors (Lipinski definition) is 2. The zero-order valence-electron chi connectivity index (χ0n) is 14.5. The third-order valence-electron chi connectivity index (χ3n) is 5.21. The first-order valence-corrected chi connectivity index (χ1v) is 8.75. The standard InChI is InChI=1S/C19H27NO4/c1-19(2)12-24-17-9-13(3-4-16(17)19)10-20-11-15(18(21)22)14-5-7-23-8-6-14/h3-4,9,14-15,20H,5-8,10-12H2,1-2H3,(H,21,22). The largest absolute Gasteiger partial charge is 0.492 e. The van der Waals surface area contributed by atoms with Gasteiger partial charge in [0.1, 0.15) is 5.75 Å². The molecule has 0 bridgehead atoms. The molecule has 3 rings (SSSR count). The summed E-state index contributed by atoms with van der Waals surface area (Å²) < 4.78 is 11.1. The number of benzene rings is 1. The van der Waals surface area contributed by atoms with Gasteiger partial charge in [0.05, 0.1) is 12.5 Å². The van der Waals surface area contributed by atoms with Crippen molar-refractivity contribution in [3.8, 4) is 5.75 Å². The summed E-state index contributed by atoms with van der Waals surface area (Å²) in [6.45, 7) is 7.57. The highest BCUT2D eigenvalue weighted by Crippen LogP contribution is 2.38. The summed E-state index contributed by atoms with van der Waals surface area (Å²) in [5, 5.41) is 12.8. The fourth-order valence-electron chi connectivity index (χ4n) is 3.64. The van der Waals surface area contributed by atoms with E-state index in [2.05, 4.69) is 37.4 Å². The molecule has 2 heterocycles. The van der Waals surface area contributed by atoms with Crippen LogP contribution in [0.5, 0.6) is 5.75 Å². The first kappa shape index (κ1) is 17.2. The highest BCUT2D eigenvalue weighted by molar-refractivity contribution is 5.70. The second-order valence-corrected chi connectivity index (χ2v) is 7.53. The zero-order valence-corrected chi connectivity index (χ0v) is 14.5. The molecule has 132 valence electrons. The number of nitrogens with one attached hydrogen (secondary N) is 1. The van der Waals surface area contributed by atoms with Crippen LogP contribution in [-0.4, -0.2) is 37.4 Å². The summed E-state index contributed by atoms with van der Waals surface area (Å²) in [5.41, 5.74) is 2.44. The number of fused-ring (bicyclic) bond motifs is 1. The van der Waals surface area contributed by atoms with Crippen molar-refractivity contribution in [2.75, 3.05) is 26.4 Å². The molecule has 0 spiro atoms. The zero-order chi connectivity index (χ0) is 17.2. The van der Waals surface area contributed by atoms with Crippen LogP contribution in [0.25, 0.3) is 0 Å². The van der Waals surface area contributed by atoms with Gasteiger partial charge in [0, 0.05) is 37.3 Å². The van der Waals surface area contributed by atoms with Gasteiger partial charge in [-0.1, -0.05) is 26.0 Å². The Labute approximate surface area is 143 Å². The van der Waals surface area contributed by atoms with Crippen LogP contribution in [0.3, 0.4) is 0 Å². The predicted molar refractivity (Wildman–Crippen MR) is 91.3 cm³/mol. The van der Waals surface area contributed by atoms with E-state index in [1.165, 1.54) is 5.56 Å². The van der Waals surface area contributed by atoms with E-state index in [0.29, 0.717) is 32.9 Å². The molecule has 1 fully saturated rings. The van der Waals surface area contributed by atoms with Crippen LogP contribution >= 0.6 is 0 Å². The van der Waals surface area contributed by atoms with Gasteiger partial charge < -0.3 is 19.9 Å². The average molecular weight is 333 g/mol. The summed E-state index contributed by atoms with van der Waals surface area (Å²) in [6, 6.07) is 6.31. The lowest BCUT2D eigenvalue weighted by atomic mass is 9.85. The molecule has 5 nitrogen and oxygen atoms in total. The van der Waals surface area contributed by atoms with E-state index in [-0.39, 0.29) is 17.3 Å². The minimum atomic E-state index is -0.714. The molecule has 0 radical (unpaired) electrons. The maximum absolute atomic E-state index is 11.6. The van der Waals surface area contributed by atoms with Gasteiger partial charge in [-0.2, -0.15) is 0 Å². The van der Waals surface area contributed by atoms with Crippen molar-refractivity contribution in [1.29, 1.82) is 0 Å². The lowest BCUT2D eigenvalue weighted by Crippen LogP contribution is -2.36. The Bertz CT molecular complexity index is 593. The van der Waals surface area contributed by atoms with Crippen LogP contribution in [0.2, 0.25) is 0 Å². The van der Waals surface area contributed by atoms with E-state index >= 15 is 0 Å². The molecular formula is C19H27NO4. The molecule has 0 aromatic heterocycles. The van der Waals surface area contributed by atoms with E-state index in [1.54, 1.807) is 0 Å². The molecule has 0 saturated carbocycles. The van der Waals surface area contributed by atoms with Crippen LogP contribution in [-0.2, 0) is 21.5 Å². The van der Waals surface area contributed by atoms with E-state index in [0.717, 1.165) is 24.2 Å². The molecule has 0 aliphatic carbocycles. The van der Waals surface area contributed by atoms with Gasteiger partial charge in [0.2, 0.25) is 0 Å². The normalized spacial score (nSPS) is 21.1. The van der Waals surface area contributed by atoms with Gasteiger partial charge in [0.15, 0.2) is 0 Å². The molecule has 1 unspecified atom stereocenters. The summed E-state index contributed by atoms with van der Waals surface area (Å²) >= 11 is 0. The summed E-state index contributed by atoms with van der Waals surface area (Å²) in [5.74, 6) is 0.0957. The maximum atomic E-state index is 11.6. The van der Waals surface area contributed by atoms with E-state index in [1.807, 2.05) is 0 Å². The summed E-state index contributed by atoms with van der Waals surface area (Å²) in [4.78, 5) is 11.6. The quantitative estimate of drug-likeness (QED) is 0.837. The Morgan fingerprint density at radius 1 is 1.38 bits per heavy atom. The van der Waals surface area contributed by atoms with Gasteiger partial charge in [-0.25, -0.2) is 0 Å². The number of rotatable bonds is 6. The van der Waals surface area contributed by atoms with Crippen molar-refractivity contribution >= 4 is 5.97 Å². The minimum Gasteiger partial charge on any atom is -0.492 e. The Morgan fingerprint density at radius 3 is 2.83 bits per heavy atom. The third-order valence-corrected chi connectivity index (χ3v) is 5.21. The Kier molecular flexibility index (Phi) is 5.11. The third kappa shape index (κ3) is 3.73. The predicted octanol–water partition coefficient (Wildman–Crippen LogP) is 2.57. The number of carboxylic acids is 1. The van der Waals surface area contributed by atoms with Gasteiger partial charge >= 0.3 is 5.97 Å². The molecule has 1 aromatic rings. The fourth-order valence-corrected chi connectivity index (χ4v) is 3.64. The molecule has 5 heteroatoms. The van der Waals surface area contributed by atoms with E-state index in [9.17, 15) is 9.90 Å². The van der Waals surface area contributed by atoms with Crippen molar-refractivity contribution in [2.24, 2.45) is 11.8 Å². The lowest BCUT2D eigenvalue weighted by molar-refractivity contribution is -0.144. The summed E-state index contributed by atoms with van der Waals surface area (Å²) in [7, 11) is 0. The van der Waals surface area contributed by atoms with E-state index < -0.39 is 5.97 Å². The number of ether oxygens (including phenoxy) is 2. The second kappa shape index (κ2) is 7.11. The highest BCUT2D eigenvalue weighted by atomic mass is 16.5. The van der Waals surface area contributed by atoms with Crippen molar-refractivity contribution in [3.63, 3.8) is 0 Å². The Morgan fingerprint density at radius 2 is 2.12 bits per heavy atom. The van der Waals surface area contributed by atoms with Gasteiger partial charge in [0.25, 0.3) is 0 Å². The van der Waals surface area contributed by atoms with Crippen LogP contribution in [0.1, 0.15) is 37.8 Å². The topological polar surface area (TPSA) is 67.8 Å².